The molecule has 154 valence electrons. The highest BCUT2D eigenvalue weighted by Crippen LogP contribution is 2.38. The lowest BCUT2D eigenvalue weighted by atomic mass is 9.87. The molecule has 0 atom stereocenters. The van der Waals surface area contributed by atoms with Crippen molar-refractivity contribution in [1.29, 1.82) is 0 Å². The van der Waals surface area contributed by atoms with Gasteiger partial charge in [-0.05, 0) is 67.2 Å². The Kier molecular flexibility index (Phi) is 4.46. The summed E-state index contributed by atoms with van der Waals surface area (Å²) < 4.78 is 8.66. The molecule has 0 N–H and O–H groups in total. The Morgan fingerprint density at radius 3 is 2.63 bits per heavy atom. The number of pyridine rings is 2. The number of fused-ring (bicyclic) bond motifs is 4. The Balaban J connectivity index is 1.75. The van der Waals surface area contributed by atoms with Crippen molar-refractivity contribution in [2.45, 2.75) is 59.8 Å². The second kappa shape index (κ2) is 6.94. The third-order valence-electron chi connectivity index (χ3n) is 6.33. The van der Waals surface area contributed by atoms with Gasteiger partial charge in [0.15, 0.2) is 11.8 Å². The van der Waals surface area contributed by atoms with E-state index in [1.807, 2.05) is 0 Å². The van der Waals surface area contributed by atoms with Crippen molar-refractivity contribution < 1.29 is 8.98 Å². The second-order valence-corrected chi connectivity index (χ2v) is 10.2. The molecule has 0 fully saturated rings. The highest BCUT2D eigenvalue weighted by atomic mass is 16.3. The van der Waals surface area contributed by atoms with Gasteiger partial charge in [0.25, 0.3) is 0 Å². The van der Waals surface area contributed by atoms with Gasteiger partial charge in [0.1, 0.15) is 7.05 Å². The molecule has 3 heterocycles. The van der Waals surface area contributed by atoms with Gasteiger partial charge in [0, 0.05) is 28.6 Å². The number of aryl methyl sites for hydroxylation is 4. The molecule has 0 amide bonds. The minimum absolute atomic E-state index is 0.251. The van der Waals surface area contributed by atoms with E-state index in [4.69, 9.17) is 9.40 Å². The first kappa shape index (κ1) is 19.3. The van der Waals surface area contributed by atoms with E-state index in [0.29, 0.717) is 0 Å². The topological polar surface area (TPSA) is 29.9 Å². The van der Waals surface area contributed by atoms with Crippen LogP contribution >= 0.6 is 0 Å². The van der Waals surface area contributed by atoms with Crippen molar-refractivity contribution in [3.8, 4) is 11.3 Å². The van der Waals surface area contributed by atoms with Crippen LogP contribution < -0.4 is 4.57 Å². The number of furan rings is 1. The standard InChI is InChI=1S/C27H31N2O/c1-17-10-11-20-21-15-19-8-6-7-9-22(19)28-26(21)30-25(20)24(17)23-14-18(12-13-29(23)5)16-27(2,3)4/h10-15H,6-9,16H2,1-5H3/q+1. The molecule has 0 spiro atoms. The molecule has 5 rings (SSSR count). The predicted molar refractivity (Wildman–Crippen MR) is 123 cm³/mol. The fraction of sp³-hybridized carbons (Fsp3) is 0.407. The van der Waals surface area contributed by atoms with Crippen molar-refractivity contribution in [1.82, 2.24) is 4.98 Å². The lowest BCUT2D eigenvalue weighted by Gasteiger charge is -2.18. The van der Waals surface area contributed by atoms with E-state index in [0.717, 1.165) is 35.9 Å². The van der Waals surface area contributed by atoms with E-state index in [2.05, 4.69) is 75.8 Å². The number of hydrogen-bond acceptors (Lipinski definition) is 2. The lowest BCUT2D eigenvalue weighted by Crippen LogP contribution is -2.31. The number of rotatable bonds is 2. The molecular formula is C27H31N2O+. The first-order valence-electron chi connectivity index (χ1n) is 11.1. The summed E-state index contributed by atoms with van der Waals surface area (Å²) in [5.74, 6) is 0. The van der Waals surface area contributed by atoms with Crippen LogP contribution in [0.2, 0.25) is 0 Å². The third-order valence-corrected chi connectivity index (χ3v) is 6.33. The molecule has 0 saturated heterocycles. The van der Waals surface area contributed by atoms with Crippen molar-refractivity contribution >= 4 is 22.1 Å². The Morgan fingerprint density at radius 1 is 1.03 bits per heavy atom. The molecule has 3 nitrogen and oxygen atoms in total. The summed E-state index contributed by atoms with van der Waals surface area (Å²) in [5, 5.41) is 2.33. The zero-order valence-corrected chi connectivity index (χ0v) is 18.8. The van der Waals surface area contributed by atoms with Crippen LogP contribution in [0.25, 0.3) is 33.3 Å². The van der Waals surface area contributed by atoms with Gasteiger partial charge >= 0.3 is 0 Å². The monoisotopic (exact) mass is 399 g/mol. The fourth-order valence-electron chi connectivity index (χ4n) is 4.88. The van der Waals surface area contributed by atoms with Crippen molar-refractivity contribution in [3.63, 3.8) is 0 Å². The molecule has 0 bridgehead atoms. The molecular weight excluding hydrogens is 368 g/mol. The minimum Gasteiger partial charge on any atom is -0.437 e. The average molecular weight is 400 g/mol. The van der Waals surface area contributed by atoms with E-state index >= 15 is 0 Å². The number of benzene rings is 1. The van der Waals surface area contributed by atoms with Crippen LogP contribution in [0.15, 0.2) is 40.9 Å². The highest BCUT2D eigenvalue weighted by molar-refractivity contribution is 6.09. The summed E-state index contributed by atoms with van der Waals surface area (Å²) in [5.41, 5.74) is 9.59. The molecule has 0 radical (unpaired) electrons. The van der Waals surface area contributed by atoms with Crippen LogP contribution in [0.3, 0.4) is 0 Å². The molecule has 3 heteroatoms. The maximum atomic E-state index is 6.46. The van der Waals surface area contributed by atoms with Gasteiger partial charge in [-0.15, -0.1) is 0 Å². The molecule has 1 aliphatic rings. The van der Waals surface area contributed by atoms with Crippen molar-refractivity contribution in [2.75, 3.05) is 0 Å². The third kappa shape index (κ3) is 3.30. The van der Waals surface area contributed by atoms with Crippen LogP contribution in [-0.4, -0.2) is 4.98 Å². The van der Waals surface area contributed by atoms with E-state index in [9.17, 15) is 0 Å². The Bertz CT molecular complexity index is 1270. The Labute approximate surface area is 178 Å². The van der Waals surface area contributed by atoms with E-state index in [1.165, 1.54) is 51.9 Å². The zero-order chi connectivity index (χ0) is 21.0. The van der Waals surface area contributed by atoms with Crippen LogP contribution in [0.1, 0.15) is 56.0 Å². The number of hydrogen-bond donors (Lipinski definition) is 0. The van der Waals surface area contributed by atoms with Gasteiger partial charge < -0.3 is 4.42 Å². The van der Waals surface area contributed by atoms with Gasteiger partial charge in [0.2, 0.25) is 11.4 Å². The summed E-state index contributed by atoms with van der Waals surface area (Å²) in [7, 11) is 2.12. The van der Waals surface area contributed by atoms with Gasteiger partial charge in [-0.3, -0.25) is 0 Å². The number of nitrogens with zero attached hydrogens (tertiary/aromatic N) is 2. The molecule has 3 aromatic heterocycles. The SMILES string of the molecule is Cc1ccc2c(oc3nc4c(cc32)CCCC4)c1-c1cc(CC(C)(C)C)cc[n+]1C. The highest BCUT2D eigenvalue weighted by Gasteiger charge is 2.23. The van der Waals surface area contributed by atoms with Gasteiger partial charge in [-0.2, -0.15) is 0 Å². The predicted octanol–water partition coefficient (Wildman–Crippen LogP) is 6.25. The van der Waals surface area contributed by atoms with Gasteiger partial charge in [-0.25, -0.2) is 9.55 Å². The first-order valence-corrected chi connectivity index (χ1v) is 11.1. The molecule has 4 aromatic rings. The summed E-state index contributed by atoms with van der Waals surface area (Å²) in [6.07, 6.45) is 7.91. The molecule has 0 aliphatic heterocycles. The summed E-state index contributed by atoms with van der Waals surface area (Å²) >= 11 is 0. The second-order valence-electron chi connectivity index (χ2n) is 10.2. The average Bonchev–Trinajstić information content (AvgIpc) is 3.04. The Morgan fingerprint density at radius 2 is 1.83 bits per heavy atom. The first-order chi connectivity index (χ1) is 14.3. The summed E-state index contributed by atoms with van der Waals surface area (Å²) in [6.45, 7) is 9.05. The molecule has 1 aromatic carbocycles. The van der Waals surface area contributed by atoms with Gasteiger partial charge in [0.05, 0.1) is 5.56 Å². The smallest absolute Gasteiger partial charge is 0.227 e. The Hall–Kier alpha value is -2.68. The largest absolute Gasteiger partial charge is 0.437 e. The zero-order valence-electron chi connectivity index (χ0n) is 18.8. The van der Waals surface area contributed by atoms with Crippen LogP contribution in [-0.2, 0) is 26.3 Å². The van der Waals surface area contributed by atoms with E-state index < -0.39 is 0 Å². The fourth-order valence-corrected chi connectivity index (χ4v) is 4.88. The lowest BCUT2D eigenvalue weighted by molar-refractivity contribution is -0.660. The van der Waals surface area contributed by atoms with Crippen LogP contribution in [0, 0.1) is 12.3 Å². The molecule has 1 aliphatic carbocycles. The van der Waals surface area contributed by atoms with E-state index in [-0.39, 0.29) is 5.41 Å². The molecule has 0 unspecified atom stereocenters. The maximum absolute atomic E-state index is 6.46. The minimum atomic E-state index is 0.251. The van der Waals surface area contributed by atoms with Crippen LogP contribution in [0.5, 0.6) is 0 Å². The van der Waals surface area contributed by atoms with Crippen LogP contribution in [0.4, 0.5) is 0 Å². The summed E-state index contributed by atoms with van der Waals surface area (Å²) in [4.78, 5) is 4.93. The molecule has 30 heavy (non-hydrogen) atoms. The van der Waals surface area contributed by atoms with Crippen molar-refractivity contribution in [2.24, 2.45) is 12.5 Å². The quantitative estimate of drug-likeness (QED) is 0.373. The summed E-state index contributed by atoms with van der Waals surface area (Å²) in [6, 6.07) is 11.3. The number of aromatic nitrogens is 2. The normalized spacial score (nSPS) is 14.4. The van der Waals surface area contributed by atoms with Gasteiger partial charge in [-0.1, -0.05) is 32.9 Å². The molecule has 0 saturated carbocycles. The van der Waals surface area contributed by atoms with E-state index in [1.54, 1.807) is 0 Å². The maximum Gasteiger partial charge on any atom is 0.227 e. The van der Waals surface area contributed by atoms with Crippen molar-refractivity contribution in [3.05, 3.63) is 58.9 Å².